The Hall–Kier alpha value is -1.41. The highest BCUT2D eigenvalue weighted by Crippen LogP contribution is 1.82. The summed E-state index contributed by atoms with van der Waals surface area (Å²) < 4.78 is 4.66. The van der Waals surface area contributed by atoms with Crippen LogP contribution in [0, 0.1) is 23.7 Å². The van der Waals surface area contributed by atoms with Gasteiger partial charge in [0.05, 0.1) is 6.61 Å². The van der Waals surface area contributed by atoms with Gasteiger partial charge in [-0.3, -0.25) is 4.79 Å². The number of carbonyl (C=O) groups is 1. The molecule has 0 bridgehead atoms. The zero-order valence-corrected chi connectivity index (χ0v) is 7.44. The summed E-state index contributed by atoms with van der Waals surface area (Å²) in [4.78, 5) is 10.7. The van der Waals surface area contributed by atoms with Crippen molar-refractivity contribution in [3.05, 3.63) is 0 Å². The average molecular weight is 164 g/mol. The van der Waals surface area contributed by atoms with E-state index in [9.17, 15) is 4.79 Å². The fourth-order valence-corrected chi connectivity index (χ4v) is 0.505. The van der Waals surface area contributed by atoms with E-state index < -0.39 is 0 Å². The van der Waals surface area contributed by atoms with Gasteiger partial charge < -0.3 is 4.74 Å². The lowest BCUT2D eigenvalue weighted by Gasteiger charge is -1.93. The van der Waals surface area contributed by atoms with E-state index >= 15 is 0 Å². The summed E-state index contributed by atoms with van der Waals surface area (Å²) in [5.41, 5.74) is 0. The third-order valence-electron chi connectivity index (χ3n) is 0.954. The molecule has 64 valence electrons. The fraction of sp³-hybridized carbons (Fsp3) is 0.500. The van der Waals surface area contributed by atoms with Crippen molar-refractivity contribution < 1.29 is 9.53 Å². The average Bonchev–Trinajstić information content (AvgIpc) is 2.05. The maximum Gasteiger partial charge on any atom is 0.317 e. The van der Waals surface area contributed by atoms with E-state index in [2.05, 4.69) is 28.4 Å². The SMILES string of the molecule is CCC#CC#CCC(=O)OCC. The predicted molar refractivity (Wildman–Crippen MR) is 47.1 cm³/mol. The molecule has 12 heavy (non-hydrogen) atoms. The van der Waals surface area contributed by atoms with Crippen LogP contribution < -0.4 is 0 Å². The Morgan fingerprint density at radius 1 is 1.25 bits per heavy atom. The second kappa shape index (κ2) is 7.69. The zero-order valence-electron chi connectivity index (χ0n) is 7.44. The van der Waals surface area contributed by atoms with Crippen LogP contribution in [0.15, 0.2) is 0 Å². The molecule has 0 N–H and O–H groups in total. The first-order valence-corrected chi connectivity index (χ1v) is 3.92. The minimum absolute atomic E-state index is 0.131. The van der Waals surface area contributed by atoms with Crippen LogP contribution in [0.1, 0.15) is 26.7 Å². The molecule has 0 aromatic rings. The first kappa shape index (κ1) is 10.6. The van der Waals surface area contributed by atoms with E-state index in [1.54, 1.807) is 6.92 Å². The number of esters is 1. The Balaban J connectivity index is 3.63. The van der Waals surface area contributed by atoms with Gasteiger partial charge in [0.1, 0.15) is 6.42 Å². The number of rotatable bonds is 2. The molecule has 0 heterocycles. The highest BCUT2D eigenvalue weighted by atomic mass is 16.5. The lowest BCUT2D eigenvalue weighted by atomic mass is 10.4. The van der Waals surface area contributed by atoms with Gasteiger partial charge in [0.2, 0.25) is 0 Å². The highest BCUT2D eigenvalue weighted by Gasteiger charge is 1.94. The summed E-state index contributed by atoms with van der Waals surface area (Å²) in [6, 6.07) is 0. The molecule has 0 aliphatic heterocycles. The lowest BCUT2D eigenvalue weighted by molar-refractivity contribution is -0.141. The molecule has 0 atom stereocenters. The molecule has 0 saturated heterocycles. The van der Waals surface area contributed by atoms with Gasteiger partial charge in [0.25, 0.3) is 0 Å². The lowest BCUT2D eigenvalue weighted by Crippen LogP contribution is -2.01. The van der Waals surface area contributed by atoms with Crippen molar-refractivity contribution in [2.24, 2.45) is 0 Å². The van der Waals surface area contributed by atoms with Crippen molar-refractivity contribution in [2.45, 2.75) is 26.7 Å². The van der Waals surface area contributed by atoms with Crippen molar-refractivity contribution in [1.82, 2.24) is 0 Å². The molecule has 0 aliphatic carbocycles. The summed E-state index contributed by atoms with van der Waals surface area (Å²) in [7, 11) is 0. The largest absolute Gasteiger partial charge is 0.465 e. The van der Waals surface area contributed by atoms with E-state index in [-0.39, 0.29) is 12.4 Å². The number of carbonyl (C=O) groups excluding carboxylic acids is 1. The summed E-state index contributed by atoms with van der Waals surface area (Å²) >= 11 is 0. The van der Waals surface area contributed by atoms with Gasteiger partial charge in [-0.2, -0.15) is 0 Å². The second-order valence-electron chi connectivity index (χ2n) is 1.94. The fourth-order valence-electron chi connectivity index (χ4n) is 0.505. The first-order valence-electron chi connectivity index (χ1n) is 3.92. The van der Waals surface area contributed by atoms with Gasteiger partial charge in [-0.15, -0.1) is 0 Å². The maximum absolute atomic E-state index is 10.7. The number of hydrogen-bond donors (Lipinski definition) is 0. The molecule has 0 amide bonds. The predicted octanol–water partition coefficient (Wildman–Crippen LogP) is 1.36. The quantitative estimate of drug-likeness (QED) is 0.455. The molecule has 2 nitrogen and oxygen atoms in total. The summed E-state index contributed by atoms with van der Waals surface area (Å²) in [6.07, 6.45) is 0.917. The van der Waals surface area contributed by atoms with Crippen molar-refractivity contribution in [3.8, 4) is 23.7 Å². The van der Waals surface area contributed by atoms with Gasteiger partial charge in [-0.05, 0) is 18.8 Å². The monoisotopic (exact) mass is 164 g/mol. The van der Waals surface area contributed by atoms with Crippen LogP contribution in [0.25, 0.3) is 0 Å². The Morgan fingerprint density at radius 2 is 1.92 bits per heavy atom. The van der Waals surface area contributed by atoms with Crippen molar-refractivity contribution in [2.75, 3.05) is 6.61 Å². The highest BCUT2D eigenvalue weighted by molar-refractivity contribution is 5.72. The van der Waals surface area contributed by atoms with Gasteiger partial charge in [-0.25, -0.2) is 0 Å². The minimum Gasteiger partial charge on any atom is -0.465 e. The third-order valence-corrected chi connectivity index (χ3v) is 0.954. The van der Waals surface area contributed by atoms with Crippen LogP contribution in [-0.4, -0.2) is 12.6 Å². The smallest absolute Gasteiger partial charge is 0.317 e. The van der Waals surface area contributed by atoms with Crippen LogP contribution in [0.2, 0.25) is 0 Å². The van der Waals surface area contributed by atoms with Gasteiger partial charge in [0, 0.05) is 6.42 Å². The molecule has 0 aromatic heterocycles. The van der Waals surface area contributed by atoms with Gasteiger partial charge in [0.15, 0.2) is 0 Å². The Labute approximate surface area is 73.3 Å². The molecule has 0 spiro atoms. The van der Waals surface area contributed by atoms with E-state index in [0.29, 0.717) is 6.61 Å². The minimum atomic E-state index is -0.289. The van der Waals surface area contributed by atoms with Crippen LogP contribution in [0.5, 0.6) is 0 Å². The summed E-state index contributed by atoms with van der Waals surface area (Å²) in [6.45, 7) is 4.11. The molecule has 0 aromatic carbocycles. The van der Waals surface area contributed by atoms with E-state index in [1.807, 2.05) is 6.92 Å². The van der Waals surface area contributed by atoms with Gasteiger partial charge >= 0.3 is 5.97 Å². The summed E-state index contributed by atoms with van der Waals surface area (Å²) in [5, 5.41) is 0. The van der Waals surface area contributed by atoms with E-state index in [0.717, 1.165) is 6.42 Å². The zero-order chi connectivity index (χ0) is 9.23. The number of ether oxygens (including phenoxy) is 1. The molecular weight excluding hydrogens is 152 g/mol. The van der Waals surface area contributed by atoms with Crippen molar-refractivity contribution in [3.63, 3.8) is 0 Å². The van der Waals surface area contributed by atoms with Crippen molar-refractivity contribution in [1.29, 1.82) is 0 Å². The topological polar surface area (TPSA) is 26.3 Å². The maximum atomic E-state index is 10.7. The summed E-state index contributed by atoms with van der Waals surface area (Å²) in [5.74, 6) is 10.3. The molecule has 0 rings (SSSR count). The Morgan fingerprint density at radius 3 is 2.50 bits per heavy atom. The second-order valence-corrected chi connectivity index (χ2v) is 1.94. The Kier molecular flexibility index (Phi) is 6.79. The van der Waals surface area contributed by atoms with E-state index in [4.69, 9.17) is 0 Å². The number of hydrogen-bond acceptors (Lipinski definition) is 2. The van der Waals surface area contributed by atoms with Crippen LogP contribution in [0.3, 0.4) is 0 Å². The molecule has 0 saturated carbocycles. The molecular formula is C10H12O2. The normalized spacial score (nSPS) is 7.17. The van der Waals surface area contributed by atoms with E-state index in [1.165, 1.54) is 0 Å². The molecule has 0 radical (unpaired) electrons. The molecule has 0 unspecified atom stereocenters. The standard InChI is InChI=1S/C10H12O2/c1-3-5-6-7-8-9-10(11)12-4-2/h3-4,9H2,1-2H3. The third kappa shape index (κ3) is 6.71. The van der Waals surface area contributed by atoms with Crippen molar-refractivity contribution >= 4 is 5.97 Å². The van der Waals surface area contributed by atoms with Crippen LogP contribution in [-0.2, 0) is 9.53 Å². The molecule has 0 aliphatic rings. The van der Waals surface area contributed by atoms with Crippen LogP contribution >= 0.6 is 0 Å². The first-order chi connectivity index (χ1) is 5.81. The molecule has 2 heteroatoms. The Bertz CT molecular complexity index is 244. The van der Waals surface area contributed by atoms with Gasteiger partial charge in [-0.1, -0.05) is 18.8 Å². The molecule has 0 fully saturated rings. The van der Waals surface area contributed by atoms with Crippen LogP contribution in [0.4, 0.5) is 0 Å².